The third-order valence-corrected chi connectivity index (χ3v) is 5.18. The molecule has 2 aromatic carbocycles. The van der Waals surface area contributed by atoms with E-state index < -0.39 is 0 Å². The van der Waals surface area contributed by atoms with E-state index in [-0.39, 0.29) is 5.41 Å². The Bertz CT molecular complexity index is 798. The summed E-state index contributed by atoms with van der Waals surface area (Å²) in [5, 5.41) is 1.06. The number of ether oxygens (including phenoxy) is 1. The maximum absolute atomic E-state index is 5.86. The zero-order chi connectivity index (χ0) is 17.2. The molecule has 3 rings (SSSR count). The Balaban J connectivity index is 1.76. The average Bonchev–Trinajstić information content (AvgIpc) is 2.94. The van der Waals surface area contributed by atoms with Crippen molar-refractivity contribution in [3.05, 3.63) is 70.7 Å². The number of thiazole rings is 1. The van der Waals surface area contributed by atoms with E-state index in [1.807, 2.05) is 37.3 Å². The van der Waals surface area contributed by atoms with Gasteiger partial charge in [0.1, 0.15) is 17.4 Å². The van der Waals surface area contributed by atoms with Crippen molar-refractivity contribution in [3.8, 4) is 16.3 Å². The Morgan fingerprint density at radius 2 is 1.62 bits per heavy atom. The number of hydrogen-bond donors (Lipinski definition) is 0. The van der Waals surface area contributed by atoms with E-state index in [4.69, 9.17) is 9.72 Å². The van der Waals surface area contributed by atoms with E-state index in [9.17, 15) is 0 Å². The second-order valence-electron chi connectivity index (χ2n) is 6.96. The molecule has 0 aliphatic rings. The fourth-order valence-corrected chi connectivity index (χ4v) is 3.44. The van der Waals surface area contributed by atoms with Crippen molar-refractivity contribution in [1.82, 2.24) is 4.98 Å². The van der Waals surface area contributed by atoms with Crippen LogP contribution in [0.1, 0.15) is 36.9 Å². The molecule has 3 aromatic rings. The SMILES string of the molecule is Cc1nc(-c2ccc(C(C)(C)C)cc2)sc1COc1ccccc1. The van der Waals surface area contributed by atoms with Gasteiger partial charge in [-0.1, -0.05) is 63.2 Å². The summed E-state index contributed by atoms with van der Waals surface area (Å²) in [6, 6.07) is 18.6. The zero-order valence-corrected chi connectivity index (χ0v) is 15.5. The molecule has 0 bridgehead atoms. The Kier molecular flexibility index (Phi) is 4.72. The molecule has 0 saturated heterocycles. The molecule has 1 aromatic heterocycles. The van der Waals surface area contributed by atoms with Crippen molar-refractivity contribution in [2.75, 3.05) is 0 Å². The number of aromatic nitrogens is 1. The molecular weight excluding hydrogens is 314 g/mol. The van der Waals surface area contributed by atoms with Crippen molar-refractivity contribution in [1.29, 1.82) is 0 Å². The van der Waals surface area contributed by atoms with Crippen molar-refractivity contribution in [3.63, 3.8) is 0 Å². The van der Waals surface area contributed by atoms with Crippen LogP contribution in [0.5, 0.6) is 5.75 Å². The monoisotopic (exact) mass is 337 g/mol. The van der Waals surface area contributed by atoms with Crippen molar-refractivity contribution < 1.29 is 4.74 Å². The summed E-state index contributed by atoms with van der Waals surface area (Å²) in [4.78, 5) is 5.90. The molecule has 0 aliphatic heterocycles. The van der Waals surface area contributed by atoms with Crippen LogP contribution in [-0.2, 0) is 12.0 Å². The van der Waals surface area contributed by atoms with Gasteiger partial charge in [-0.25, -0.2) is 4.98 Å². The van der Waals surface area contributed by atoms with Crippen LogP contribution in [0.15, 0.2) is 54.6 Å². The van der Waals surface area contributed by atoms with Crippen LogP contribution in [0.3, 0.4) is 0 Å². The molecule has 0 fully saturated rings. The number of rotatable bonds is 4. The minimum atomic E-state index is 0.173. The molecule has 24 heavy (non-hydrogen) atoms. The van der Waals surface area contributed by atoms with Gasteiger partial charge < -0.3 is 4.74 Å². The van der Waals surface area contributed by atoms with Crippen LogP contribution in [0.4, 0.5) is 0 Å². The third-order valence-electron chi connectivity index (χ3n) is 4.00. The van der Waals surface area contributed by atoms with Gasteiger partial charge in [-0.2, -0.15) is 0 Å². The van der Waals surface area contributed by atoms with Gasteiger partial charge in [0.05, 0.1) is 10.6 Å². The quantitative estimate of drug-likeness (QED) is 0.583. The summed E-state index contributed by atoms with van der Waals surface area (Å²) in [6.07, 6.45) is 0. The number of nitrogens with zero attached hydrogens (tertiary/aromatic N) is 1. The minimum absolute atomic E-state index is 0.173. The Labute approximate surface area is 148 Å². The summed E-state index contributed by atoms with van der Waals surface area (Å²) in [6.45, 7) is 9.30. The van der Waals surface area contributed by atoms with Gasteiger partial charge in [0.2, 0.25) is 0 Å². The molecule has 0 aliphatic carbocycles. The molecule has 0 radical (unpaired) electrons. The predicted molar refractivity (Wildman–Crippen MR) is 102 cm³/mol. The summed E-state index contributed by atoms with van der Waals surface area (Å²) in [7, 11) is 0. The smallest absolute Gasteiger partial charge is 0.124 e. The second kappa shape index (κ2) is 6.78. The lowest BCUT2D eigenvalue weighted by Crippen LogP contribution is -2.10. The van der Waals surface area contributed by atoms with Gasteiger partial charge in [0, 0.05) is 5.56 Å². The van der Waals surface area contributed by atoms with Gasteiger partial charge in [-0.15, -0.1) is 11.3 Å². The first-order chi connectivity index (χ1) is 11.4. The van der Waals surface area contributed by atoms with E-state index >= 15 is 0 Å². The fraction of sp³-hybridized carbons (Fsp3) is 0.286. The topological polar surface area (TPSA) is 22.1 Å². The van der Waals surface area contributed by atoms with Gasteiger partial charge in [-0.05, 0) is 30.0 Å². The Morgan fingerprint density at radius 3 is 2.25 bits per heavy atom. The van der Waals surface area contributed by atoms with Crippen LogP contribution in [0, 0.1) is 6.92 Å². The highest BCUT2D eigenvalue weighted by Gasteiger charge is 2.14. The molecule has 2 nitrogen and oxygen atoms in total. The van der Waals surface area contributed by atoms with Crippen LogP contribution in [-0.4, -0.2) is 4.98 Å². The maximum Gasteiger partial charge on any atom is 0.124 e. The summed E-state index contributed by atoms with van der Waals surface area (Å²) < 4.78 is 5.86. The van der Waals surface area contributed by atoms with Crippen molar-refractivity contribution in [2.24, 2.45) is 0 Å². The lowest BCUT2D eigenvalue weighted by atomic mass is 9.87. The largest absolute Gasteiger partial charge is 0.488 e. The second-order valence-corrected chi connectivity index (χ2v) is 8.04. The normalized spacial score (nSPS) is 11.5. The van der Waals surface area contributed by atoms with Gasteiger partial charge in [0.15, 0.2) is 0 Å². The first-order valence-electron chi connectivity index (χ1n) is 8.18. The van der Waals surface area contributed by atoms with E-state index in [2.05, 4.69) is 45.0 Å². The molecule has 1 heterocycles. The lowest BCUT2D eigenvalue weighted by molar-refractivity contribution is 0.309. The minimum Gasteiger partial charge on any atom is -0.488 e. The molecule has 0 spiro atoms. The third kappa shape index (κ3) is 3.85. The molecule has 124 valence electrons. The first-order valence-corrected chi connectivity index (χ1v) is 9.00. The first kappa shape index (κ1) is 16.7. The van der Waals surface area contributed by atoms with E-state index in [1.165, 1.54) is 16.0 Å². The van der Waals surface area contributed by atoms with Crippen LogP contribution < -0.4 is 4.74 Å². The zero-order valence-electron chi connectivity index (χ0n) is 14.7. The molecule has 3 heteroatoms. The number of para-hydroxylation sites is 1. The van der Waals surface area contributed by atoms with Gasteiger partial charge in [-0.3, -0.25) is 0 Å². The molecule has 0 N–H and O–H groups in total. The molecular formula is C21H23NOS. The fourth-order valence-electron chi connectivity index (χ4n) is 2.46. The number of hydrogen-bond acceptors (Lipinski definition) is 3. The van der Waals surface area contributed by atoms with Crippen molar-refractivity contribution in [2.45, 2.75) is 39.7 Å². The maximum atomic E-state index is 5.86. The average molecular weight is 337 g/mol. The van der Waals surface area contributed by atoms with Gasteiger partial charge in [0.25, 0.3) is 0 Å². The van der Waals surface area contributed by atoms with E-state index in [0.717, 1.165) is 16.5 Å². The summed E-state index contributed by atoms with van der Waals surface area (Å²) >= 11 is 1.71. The predicted octanol–water partition coefficient (Wildman–Crippen LogP) is 6.00. The van der Waals surface area contributed by atoms with Crippen LogP contribution in [0.2, 0.25) is 0 Å². The van der Waals surface area contributed by atoms with E-state index in [0.29, 0.717) is 6.61 Å². The lowest BCUT2D eigenvalue weighted by Gasteiger charge is -2.18. The summed E-state index contributed by atoms with van der Waals surface area (Å²) in [5.74, 6) is 0.890. The molecule has 0 atom stereocenters. The summed E-state index contributed by atoms with van der Waals surface area (Å²) in [5.41, 5.74) is 3.73. The highest BCUT2D eigenvalue weighted by molar-refractivity contribution is 7.15. The number of aryl methyl sites for hydroxylation is 1. The van der Waals surface area contributed by atoms with Crippen LogP contribution in [0.25, 0.3) is 10.6 Å². The van der Waals surface area contributed by atoms with Crippen LogP contribution >= 0.6 is 11.3 Å². The molecule has 0 amide bonds. The van der Waals surface area contributed by atoms with Gasteiger partial charge >= 0.3 is 0 Å². The van der Waals surface area contributed by atoms with Crippen molar-refractivity contribution >= 4 is 11.3 Å². The highest BCUT2D eigenvalue weighted by atomic mass is 32.1. The molecule has 0 saturated carbocycles. The standard InChI is InChI=1S/C21H23NOS/c1-15-19(14-23-18-8-6-5-7-9-18)24-20(22-15)16-10-12-17(13-11-16)21(2,3)4/h5-13H,14H2,1-4H3. The highest BCUT2D eigenvalue weighted by Crippen LogP contribution is 2.31. The molecule has 0 unspecified atom stereocenters. The Morgan fingerprint density at radius 1 is 0.958 bits per heavy atom. The van der Waals surface area contributed by atoms with E-state index in [1.54, 1.807) is 11.3 Å². The number of benzene rings is 2. The Hall–Kier alpha value is -2.13.